The summed E-state index contributed by atoms with van der Waals surface area (Å²) >= 11 is 0. The summed E-state index contributed by atoms with van der Waals surface area (Å²) in [5, 5.41) is 0. The minimum atomic E-state index is -0.0994. The van der Waals surface area contributed by atoms with Gasteiger partial charge in [-0.1, -0.05) is 46.0 Å². The van der Waals surface area contributed by atoms with Crippen molar-refractivity contribution >= 4 is 11.8 Å². The zero-order chi connectivity index (χ0) is 14.5. The Hall–Kier alpha value is -1.12. The number of hydrogen-bond acceptors (Lipinski definition) is 2. The van der Waals surface area contributed by atoms with Gasteiger partial charge in [-0.2, -0.15) is 0 Å². The molecule has 0 aromatic heterocycles. The predicted octanol–water partition coefficient (Wildman–Crippen LogP) is 3.69. The molecule has 0 saturated heterocycles. The first-order chi connectivity index (χ1) is 9.69. The minimum Gasteiger partial charge on any atom is -0.272 e. The summed E-state index contributed by atoms with van der Waals surface area (Å²) in [7, 11) is 0. The summed E-state index contributed by atoms with van der Waals surface area (Å²) < 4.78 is 0. The van der Waals surface area contributed by atoms with E-state index < -0.39 is 0 Å². The van der Waals surface area contributed by atoms with E-state index in [1.54, 1.807) is 0 Å². The fraction of sp³-hybridized carbons (Fsp3) is 0.765. The van der Waals surface area contributed by atoms with Crippen LogP contribution in [-0.2, 0) is 9.59 Å². The molecule has 2 amide bonds. The van der Waals surface area contributed by atoms with E-state index in [0.717, 1.165) is 12.8 Å². The van der Waals surface area contributed by atoms with E-state index in [0.29, 0.717) is 11.8 Å². The normalized spacial score (nSPS) is 29.7. The number of nitrogens with zero attached hydrogens (tertiary/aromatic N) is 1. The third kappa shape index (κ3) is 3.13. The van der Waals surface area contributed by atoms with Crippen molar-refractivity contribution in [3.05, 3.63) is 12.2 Å². The van der Waals surface area contributed by atoms with Crippen molar-refractivity contribution in [2.24, 2.45) is 11.8 Å². The van der Waals surface area contributed by atoms with Gasteiger partial charge in [0.2, 0.25) is 0 Å². The van der Waals surface area contributed by atoms with E-state index in [9.17, 15) is 9.59 Å². The lowest BCUT2D eigenvalue weighted by atomic mass is 9.85. The lowest BCUT2D eigenvalue weighted by Crippen LogP contribution is -2.43. The number of unbranched alkanes of at least 4 members (excludes halogenated alkanes) is 2. The zero-order valence-electron chi connectivity index (χ0n) is 12.8. The van der Waals surface area contributed by atoms with E-state index in [1.807, 2.05) is 0 Å². The number of imide groups is 1. The SMILES string of the molecule is CCCCC1CC[C@H](N2C(=O)C=CC2=O)[C@@H]1CCCC. The van der Waals surface area contributed by atoms with E-state index in [1.165, 1.54) is 55.6 Å². The van der Waals surface area contributed by atoms with Crippen molar-refractivity contribution < 1.29 is 9.59 Å². The fourth-order valence-corrected chi connectivity index (χ4v) is 3.88. The highest BCUT2D eigenvalue weighted by atomic mass is 16.2. The average molecular weight is 277 g/mol. The molecule has 0 aromatic rings. The molecule has 3 nitrogen and oxygen atoms in total. The average Bonchev–Trinajstić information content (AvgIpc) is 2.97. The molecule has 1 unspecified atom stereocenters. The second-order valence-electron chi connectivity index (χ2n) is 6.23. The van der Waals surface area contributed by atoms with Crippen LogP contribution in [0.5, 0.6) is 0 Å². The van der Waals surface area contributed by atoms with Crippen LogP contribution in [0.15, 0.2) is 12.2 Å². The Labute approximate surface area is 122 Å². The first kappa shape index (κ1) is 15.3. The summed E-state index contributed by atoms with van der Waals surface area (Å²) in [5.74, 6) is 1.03. The smallest absolute Gasteiger partial charge is 0.253 e. The van der Waals surface area contributed by atoms with Gasteiger partial charge in [0.25, 0.3) is 11.8 Å². The topological polar surface area (TPSA) is 37.4 Å². The summed E-state index contributed by atoms with van der Waals surface area (Å²) in [6, 6.07) is 0.151. The first-order valence-electron chi connectivity index (χ1n) is 8.24. The van der Waals surface area contributed by atoms with Crippen LogP contribution in [0.25, 0.3) is 0 Å². The lowest BCUT2D eigenvalue weighted by Gasteiger charge is -2.30. The highest BCUT2D eigenvalue weighted by molar-refractivity contribution is 6.13. The van der Waals surface area contributed by atoms with E-state index in [2.05, 4.69) is 13.8 Å². The minimum absolute atomic E-state index is 0.0994. The number of carbonyl (C=O) groups is 2. The van der Waals surface area contributed by atoms with Crippen LogP contribution in [0, 0.1) is 11.8 Å². The second-order valence-corrected chi connectivity index (χ2v) is 6.23. The summed E-state index contributed by atoms with van der Waals surface area (Å²) in [4.78, 5) is 25.4. The Bertz CT molecular complexity index is 370. The molecule has 0 radical (unpaired) electrons. The van der Waals surface area contributed by atoms with Gasteiger partial charge in [-0.25, -0.2) is 0 Å². The van der Waals surface area contributed by atoms with Crippen LogP contribution in [0.3, 0.4) is 0 Å². The molecular weight excluding hydrogens is 250 g/mol. The largest absolute Gasteiger partial charge is 0.272 e. The predicted molar refractivity (Wildman–Crippen MR) is 80.0 cm³/mol. The molecule has 1 aliphatic heterocycles. The third-order valence-electron chi connectivity index (χ3n) is 4.93. The number of carbonyl (C=O) groups excluding carboxylic acids is 2. The van der Waals surface area contributed by atoms with E-state index in [4.69, 9.17) is 0 Å². The standard InChI is InChI=1S/C17H27NO2/c1-3-5-7-13-9-10-15(14(13)8-6-4-2)18-16(19)11-12-17(18)20/h11-15H,3-10H2,1-2H3/t13?,14-,15+/m1/s1. The molecule has 0 bridgehead atoms. The van der Waals surface area contributed by atoms with Gasteiger partial charge in [0.05, 0.1) is 0 Å². The van der Waals surface area contributed by atoms with Crippen molar-refractivity contribution in [2.75, 3.05) is 0 Å². The molecule has 0 aromatic carbocycles. The van der Waals surface area contributed by atoms with E-state index in [-0.39, 0.29) is 17.9 Å². The van der Waals surface area contributed by atoms with Crippen LogP contribution in [0.1, 0.15) is 65.2 Å². The molecule has 1 saturated carbocycles. The van der Waals surface area contributed by atoms with Crippen molar-refractivity contribution in [3.63, 3.8) is 0 Å². The van der Waals surface area contributed by atoms with Crippen molar-refractivity contribution in [2.45, 2.75) is 71.3 Å². The van der Waals surface area contributed by atoms with Gasteiger partial charge in [0.1, 0.15) is 0 Å². The molecule has 3 heteroatoms. The van der Waals surface area contributed by atoms with Gasteiger partial charge in [-0.3, -0.25) is 14.5 Å². The van der Waals surface area contributed by atoms with Crippen LogP contribution >= 0.6 is 0 Å². The van der Waals surface area contributed by atoms with Crippen molar-refractivity contribution in [1.29, 1.82) is 0 Å². The summed E-state index contributed by atoms with van der Waals surface area (Å²) in [5.41, 5.74) is 0. The van der Waals surface area contributed by atoms with Crippen LogP contribution in [-0.4, -0.2) is 22.8 Å². The maximum atomic E-state index is 11.9. The van der Waals surface area contributed by atoms with Gasteiger partial charge in [0.15, 0.2) is 0 Å². The molecule has 2 rings (SSSR count). The first-order valence-corrected chi connectivity index (χ1v) is 8.24. The highest BCUT2D eigenvalue weighted by Crippen LogP contribution is 2.42. The maximum absolute atomic E-state index is 11.9. The van der Waals surface area contributed by atoms with E-state index >= 15 is 0 Å². The van der Waals surface area contributed by atoms with Crippen LogP contribution in [0.2, 0.25) is 0 Å². The molecule has 0 spiro atoms. The summed E-state index contributed by atoms with van der Waals surface area (Å²) in [6.45, 7) is 4.43. The number of amides is 2. The van der Waals surface area contributed by atoms with Gasteiger partial charge < -0.3 is 0 Å². The highest BCUT2D eigenvalue weighted by Gasteiger charge is 2.42. The second kappa shape index (κ2) is 7.05. The monoisotopic (exact) mass is 277 g/mol. The van der Waals surface area contributed by atoms with Crippen LogP contribution in [0.4, 0.5) is 0 Å². The third-order valence-corrected chi connectivity index (χ3v) is 4.93. The molecule has 1 fully saturated rings. The molecule has 2 aliphatic rings. The molecule has 1 heterocycles. The quantitative estimate of drug-likeness (QED) is 0.666. The lowest BCUT2D eigenvalue weighted by molar-refractivity contribution is -0.140. The molecule has 20 heavy (non-hydrogen) atoms. The maximum Gasteiger partial charge on any atom is 0.253 e. The summed E-state index contributed by atoms with van der Waals surface area (Å²) in [6.07, 6.45) is 12.3. The van der Waals surface area contributed by atoms with Gasteiger partial charge in [0, 0.05) is 18.2 Å². The number of hydrogen-bond donors (Lipinski definition) is 0. The number of rotatable bonds is 7. The Balaban J connectivity index is 2.06. The Morgan fingerprint density at radius 1 is 1.00 bits per heavy atom. The van der Waals surface area contributed by atoms with Gasteiger partial charge >= 0.3 is 0 Å². The zero-order valence-corrected chi connectivity index (χ0v) is 12.8. The van der Waals surface area contributed by atoms with Crippen molar-refractivity contribution in [1.82, 2.24) is 4.90 Å². The van der Waals surface area contributed by atoms with Crippen LogP contribution < -0.4 is 0 Å². The van der Waals surface area contributed by atoms with Crippen molar-refractivity contribution in [3.8, 4) is 0 Å². The van der Waals surface area contributed by atoms with Gasteiger partial charge in [-0.15, -0.1) is 0 Å². The Morgan fingerprint density at radius 3 is 2.20 bits per heavy atom. The Kier molecular flexibility index (Phi) is 5.38. The fourth-order valence-electron chi connectivity index (χ4n) is 3.88. The molecule has 112 valence electrons. The molecule has 1 aliphatic carbocycles. The molecular formula is C17H27NO2. The molecule has 0 N–H and O–H groups in total. The Morgan fingerprint density at radius 2 is 1.60 bits per heavy atom. The molecule has 3 atom stereocenters. The van der Waals surface area contributed by atoms with Gasteiger partial charge in [-0.05, 0) is 31.1 Å².